The fourth-order valence-corrected chi connectivity index (χ4v) is 3.37. The van der Waals surface area contributed by atoms with E-state index in [-0.39, 0.29) is 5.70 Å². The van der Waals surface area contributed by atoms with Crippen LogP contribution < -0.4 is 0 Å². The Morgan fingerprint density at radius 3 is 1.89 bits per heavy atom. The van der Waals surface area contributed by atoms with Gasteiger partial charge in [0.25, 0.3) is 0 Å². The number of carbonyl (C=O) groups excluding carboxylic acids is 2. The molecular weight excluding hydrogens is 356 g/mol. The summed E-state index contributed by atoms with van der Waals surface area (Å²) in [6, 6.07) is 19.8. The predicted octanol–water partition coefficient (Wildman–Crippen LogP) is 2.56. The molecule has 6 heteroatoms. The molecule has 0 aliphatic carbocycles. The van der Waals surface area contributed by atoms with Crippen molar-refractivity contribution in [3.8, 4) is 0 Å². The van der Waals surface area contributed by atoms with E-state index in [1.807, 2.05) is 65.6 Å². The Morgan fingerprint density at radius 1 is 0.821 bits per heavy atom. The Kier molecular flexibility index (Phi) is 6.45. The zero-order valence-corrected chi connectivity index (χ0v) is 16.1. The lowest BCUT2D eigenvalue weighted by molar-refractivity contribution is -0.142. The van der Waals surface area contributed by atoms with Crippen molar-refractivity contribution in [3.63, 3.8) is 0 Å². The van der Waals surface area contributed by atoms with Gasteiger partial charge in [-0.2, -0.15) is 0 Å². The average Bonchev–Trinajstić information content (AvgIpc) is 2.74. The van der Waals surface area contributed by atoms with Crippen LogP contribution in [0.2, 0.25) is 0 Å². The fourth-order valence-electron chi connectivity index (χ4n) is 3.37. The molecule has 146 valence electrons. The van der Waals surface area contributed by atoms with Crippen molar-refractivity contribution < 1.29 is 19.1 Å². The van der Waals surface area contributed by atoms with Gasteiger partial charge in [-0.25, -0.2) is 9.59 Å². The first-order chi connectivity index (χ1) is 13.6. The van der Waals surface area contributed by atoms with Gasteiger partial charge in [0.2, 0.25) is 0 Å². The van der Waals surface area contributed by atoms with Gasteiger partial charge in [0.15, 0.2) is 0 Å². The molecular formula is C22H24N2O4. The smallest absolute Gasteiger partial charge is 0.354 e. The maximum Gasteiger partial charge on any atom is 0.354 e. The molecule has 2 aromatic carbocycles. The summed E-state index contributed by atoms with van der Waals surface area (Å²) >= 11 is 0. The number of ether oxygens (including phenoxy) is 2. The van der Waals surface area contributed by atoms with Gasteiger partial charge < -0.3 is 14.4 Å². The van der Waals surface area contributed by atoms with Crippen LogP contribution >= 0.6 is 0 Å². The highest BCUT2D eigenvalue weighted by atomic mass is 16.5. The summed E-state index contributed by atoms with van der Waals surface area (Å²) in [6.07, 6.45) is 0. The molecule has 28 heavy (non-hydrogen) atoms. The van der Waals surface area contributed by atoms with Crippen molar-refractivity contribution in [1.29, 1.82) is 0 Å². The van der Waals surface area contributed by atoms with E-state index in [4.69, 9.17) is 9.47 Å². The molecule has 0 atom stereocenters. The second-order valence-electron chi connectivity index (χ2n) is 6.61. The summed E-state index contributed by atoms with van der Waals surface area (Å²) in [5.41, 5.74) is 2.75. The SMILES string of the molecule is COC(=O)C1=C(C(=O)OC)N(Cc2ccccc2)CN(Cc2ccccc2)C1. The zero-order valence-electron chi connectivity index (χ0n) is 16.1. The number of hydrogen-bond acceptors (Lipinski definition) is 6. The lowest BCUT2D eigenvalue weighted by Gasteiger charge is -2.38. The van der Waals surface area contributed by atoms with Gasteiger partial charge in [-0.3, -0.25) is 4.90 Å². The number of hydrogen-bond donors (Lipinski definition) is 0. The number of benzene rings is 2. The minimum absolute atomic E-state index is 0.266. The highest BCUT2D eigenvalue weighted by Crippen LogP contribution is 2.25. The van der Waals surface area contributed by atoms with Gasteiger partial charge in [0.05, 0.1) is 26.5 Å². The van der Waals surface area contributed by atoms with Crippen LogP contribution in [0.15, 0.2) is 71.9 Å². The van der Waals surface area contributed by atoms with Crippen molar-refractivity contribution in [1.82, 2.24) is 9.80 Å². The minimum Gasteiger partial charge on any atom is -0.466 e. The Labute approximate surface area is 165 Å². The zero-order chi connectivity index (χ0) is 19.9. The molecule has 0 N–H and O–H groups in total. The van der Waals surface area contributed by atoms with Gasteiger partial charge in [-0.1, -0.05) is 60.7 Å². The van der Waals surface area contributed by atoms with Crippen molar-refractivity contribution in [3.05, 3.63) is 83.1 Å². The van der Waals surface area contributed by atoms with Crippen LogP contribution in [0.5, 0.6) is 0 Å². The first-order valence-electron chi connectivity index (χ1n) is 9.07. The fraction of sp³-hybridized carbons (Fsp3) is 0.273. The molecule has 0 aromatic heterocycles. The summed E-state index contributed by atoms with van der Waals surface area (Å²) < 4.78 is 9.93. The average molecular weight is 380 g/mol. The molecule has 0 radical (unpaired) electrons. The highest BCUT2D eigenvalue weighted by Gasteiger charge is 2.34. The number of rotatable bonds is 6. The van der Waals surface area contributed by atoms with Crippen molar-refractivity contribution in [2.75, 3.05) is 27.4 Å². The molecule has 0 fully saturated rings. The second kappa shape index (κ2) is 9.19. The molecule has 0 bridgehead atoms. The standard InChI is InChI=1S/C22H24N2O4/c1-27-21(25)19-15-23(13-17-9-5-3-6-10-17)16-24(20(19)22(26)28-2)14-18-11-7-4-8-12-18/h3-12H,13-16H2,1-2H3. The highest BCUT2D eigenvalue weighted by molar-refractivity contribution is 6.00. The molecule has 1 aliphatic rings. The predicted molar refractivity (Wildman–Crippen MR) is 105 cm³/mol. The molecule has 3 rings (SSSR count). The third-order valence-electron chi connectivity index (χ3n) is 4.63. The maximum absolute atomic E-state index is 12.5. The molecule has 0 saturated heterocycles. The maximum atomic E-state index is 12.5. The van der Waals surface area contributed by atoms with E-state index >= 15 is 0 Å². The molecule has 2 aromatic rings. The molecule has 6 nitrogen and oxygen atoms in total. The largest absolute Gasteiger partial charge is 0.466 e. The first-order valence-corrected chi connectivity index (χ1v) is 9.07. The second-order valence-corrected chi connectivity index (χ2v) is 6.61. The lowest BCUT2D eigenvalue weighted by Crippen LogP contribution is -2.46. The van der Waals surface area contributed by atoms with Crippen molar-refractivity contribution in [2.24, 2.45) is 0 Å². The van der Waals surface area contributed by atoms with Crippen LogP contribution in [0, 0.1) is 0 Å². The van der Waals surface area contributed by atoms with Gasteiger partial charge in [-0.05, 0) is 11.1 Å². The third kappa shape index (κ3) is 4.58. The first kappa shape index (κ1) is 19.6. The van der Waals surface area contributed by atoms with Gasteiger partial charge in [0.1, 0.15) is 5.70 Å². The molecule has 1 aliphatic heterocycles. The Morgan fingerprint density at radius 2 is 1.36 bits per heavy atom. The normalized spacial score (nSPS) is 14.7. The van der Waals surface area contributed by atoms with E-state index in [2.05, 4.69) is 4.90 Å². The van der Waals surface area contributed by atoms with E-state index in [9.17, 15) is 9.59 Å². The lowest BCUT2D eigenvalue weighted by atomic mass is 10.1. The monoisotopic (exact) mass is 380 g/mol. The molecule has 1 heterocycles. The van der Waals surface area contributed by atoms with Crippen LogP contribution in [-0.2, 0) is 32.2 Å². The summed E-state index contributed by atoms with van der Waals surface area (Å²) in [6.45, 7) is 1.95. The Hall–Kier alpha value is -3.12. The van der Waals surface area contributed by atoms with Crippen LogP contribution in [0.4, 0.5) is 0 Å². The molecule has 0 spiro atoms. The van der Waals surface area contributed by atoms with Crippen LogP contribution in [-0.4, -0.2) is 49.2 Å². The number of nitrogens with zero attached hydrogens (tertiary/aromatic N) is 2. The molecule has 0 amide bonds. The van der Waals surface area contributed by atoms with Gasteiger partial charge in [-0.15, -0.1) is 0 Å². The van der Waals surface area contributed by atoms with Crippen molar-refractivity contribution in [2.45, 2.75) is 13.1 Å². The van der Waals surface area contributed by atoms with Crippen molar-refractivity contribution >= 4 is 11.9 Å². The summed E-state index contributed by atoms with van der Waals surface area (Å²) in [7, 11) is 2.64. The summed E-state index contributed by atoms with van der Waals surface area (Å²) in [5.74, 6) is -1.05. The van der Waals surface area contributed by atoms with Gasteiger partial charge >= 0.3 is 11.9 Å². The Balaban J connectivity index is 1.95. The van der Waals surface area contributed by atoms with E-state index in [1.54, 1.807) is 0 Å². The third-order valence-corrected chi connectivity index (χ3v) is 4.63. The topological polar surface area (TPSA) is 59.1 Å². The van der Waals surface area contributed by atoms with Crippen LogP contribution in [0.3, 0.4) is 0 Å². The van der Waals surface area contributed by atoms with E-state index in [1.165, 1.54) is 14.2 Å². The minimum atomic E-state index is -0.532. The quantitative estimate of drug-likeness (QED) is 0.718. The van der Waals surface area contributed by atoms with Gasteiger partial charge in [0, 0.05) is 19.6 Å². The number of methoxy groups -OCH3 is 2. The van der Waals surface area contributed by atoms with Crippen LogP contribution in [0.25, 0.3) is 0 Å². The number of carbonyl (C=O) groups is 2. The summed E-state index contributed by atoms with van der Waals surface area (Å²) in [4.78, 5) is 29.0. The number of esters is 2. The van der Waals surface area contributed by atoms with E-state index < -0.39 is 11.9 Å². The molecule has 0 saturated carbocycles. The van der Waals surface area contributed by atoms with E-state index in [0.29, 0.717) is 31.9 Å². The summed E-state index contributed by atoms with van der Waals surface area (Å²) in [5, 5.41) is 0. The molecule has 0 unspecified atom stereocenters. The van der Waals surface area contributed by atoms with E-state index in [0.717, 1.165) is 11.1 Å². The van der Waals surface area contributed by atoms with Crippen LogP contribution in [0.1, 0.15) is 11.1 Å². The Bertz CT molecular complexity index is 849.